The minimum atomic E-state index is -0.503. The molecule has 2 bridgehead atoms. The molecular formula is C15H19N3OS. The molecule has 4 nitrogen and oxygen atoms in total. The number of aromatic amines is 1. The van der Waals surface area contributed by atoms with E-state index in [0.717, 1.165) is 29.1 Å². The highest BCUT2D eigenvalue weighted by Crippen LogP contribution is 2.31. The Morgan fingerprint density at radius 1 is 1.25 bits per heavy atom. The lowest BCUT2D eigenvalue weighted by Gasteiger charge is -2.23. The van der Waals surface area contributed by atoms with Crippen LogP contribution < -0.4 is 4.72 Å². The summed E-state index contributed by atoms with van der Waals surface area (Å²) in [6.07, 6.45) is 7.37. The summed E-state index contributed by atoms with van der Waals surface area (Å²) < 4.78 is 14.4. The maximum absolute atomic E-state index is 6.14. The van der Waals surface area contributed by atoms with Gasteiger partial charge in [-0.25, -0.2) is 4.72 Å². The molecule has 1 aromatic heterocycles. The SMILES string of the molecule is c1ccc2c(N=S3NCC4CCCC(C4)O3)c[nH]c2c1. The van der Waals surface area contributed by atoms with Gasteiger partial charge in [0.05, 0.1) is 11.8 Å². The largest absolute Gasteiger partial charge is 0.359 e. The van der Waals surface area contributed by atoms with Crippen molar-refractivity contribution in [1.82, 2.24) is 9.71 Å². The molecule has 20 heavy (non-hydrogen) atoms. The Kier molecular flexibility index (Phi) is 3.34. The van der Waals surface area contributed by atoms with E-state index in [1.165, 1.54) is 25.7 Å². The summed E-state index contributed by atoms with van der Waals surface area (Å²) in [5.41, 5.74) is 2.12. The van der Waals surface area contributed by atoms with Gasteiger partial charge >= 0.3 is 0 Å². The molecule has 106 valence electrons. The highest BCUT2D eigenvalue weighted by atomic mass is 32.2. The number of nitrogens with zero attached hydrogens (tertiary/aromatic N) is 1. The average Bonchev–Trinajstić information content (AvgIpc) is 2.82. The molecule has 0 amide bonds. The van der Waals surface area contributed by atoms with Crippen molar-refractivity contribution in [3.63, 3.8) is 0 Å². The van der Waals surface area contributed by atoms with Crippen molar-refractivity contribution >= 4 is 27.7 Å². The first-order valence-electron chi connectivity index (χ1n) is 7.31. The van der Waals surface area contributed by atoms with Gasteiger partial charge in [0.15, 0.2) is 0 Å². The standard InChI is InChI=1S/C15H19N3OS/c1-2-7-14-13(6-1)15(10-16-14)18-20-17-9-11-4-3-5-12(8-11)19-20/h1-2,6-7,10-12,16H,3-5,8-9H2,(H,17,18). The van der Waals surface area contributed by atoms with Crippen molar-refractivity contribution in [3.8, 4) is 0 Å². The normalized spacial score (nSPS) is 30.5. The van der Waals surface area contributed by atoms with Crippen molar-refractivity contribution < 1.29 is 4.18 Å². The van der Waals surface area contributed by atoms with E-state index in [-0.39, 0.29) is 0 Å². The van der Waals surface area contributed by atoms with Gasteiger partial charge in [-0.2, -0.15) is 4.36 Å². The lowest BCUT2D eigenvalue weighted by Crippen LogP contribution is -2.22. The number of rotatable bonds is 1. The number of aromatic nitrogens is 1. The fourth-order valence-corrected chi connectivity index (χ4v) is 4.46. The Balaban J connectivity index is 1.65. The first kappa shape index (κ1) is 12.6. The van der Waals surface area contributed by atoms with Crippen LogP contribution in [0.4, 0.5) is 5.69 Å². The zero-order valence-electron chi connectivity index (χ0n) is 11.3. The zero-order valence-corrected chi connectivity index (χ0v) is 12.2. The van der Waals surface area contributed by atoms with Crippen LogP contribution in [0.2, 0.25) is 0 Å². The molecule has 1 saturated carbocycles. The van der Waals surface area contributed by atoms with Gasteiger partial charge in [-0.1, -0.05) is 24.6 Å². The van der Waals surface area contributed by atoms with Crippen molar-refractivity contribution in [2.75, 3.05) is 6.54 Å². The highest BCUT2D eigenvalue weighted by Gasteiger charge is 2.27. The average molecular weight is 289 g/mol. The summed E-state index contributed by atoms with van der Waals surface area (Å²) >= 11 is -0.503. The quantitative estimate of drug-likeness (QED) is 0.842. The Morgan fingerprint density at radius 2 is 2.20 bits per heavy atom. The Bertz CT molecular complexity index is 651. The van der Waals surface area contributed by atoms with Gasteiger partial charge in [-0.05, 0) is 31.2 Å². The van der Waals surface area contributed by atoms with Crippen molar-refractivity contribution in [2.45, 2.75) is 31.8 Å². The van der Waals surface area contributed by atoms with Gasteiger partial charge in [0, 0.05) is 23.6 Å². The van der Waals surface area contributed by atoms with E-state index in [0.29, 0.717) is 6.10 Å². The maximum atomic E-state index is 6.14. The van der Waals surface area contributed by atoms with Crippen LogP contribution >= 0.6 is 0 Å². The first-order valence-corrected chi connectivity index (χ1v) is 8.42. The molecular weight excluding hydrogens is 270 g/mol. The molecule has 1 saturated heterocycles. The molecule has 2 aliphatic rings. The number of benzene rings is 1. The fraction of sp³-hybridized carbons (Fsp3) is 0.467. The molecule has 2 aromatic rings. The molecule has 2 N–H and O–H groups in total. The molecule has 5 heteroatoms. The highest BCUT2D eigenvalue weighted by molar-refractivity contribution is 7.80. The van der Waals surface area contributed by atoms with E-state index in [2.05, 4.69) is 21.8 Å². The number of para-hydroxylation sites is 1. The predicted octanol–water partition coefficient (Wildman–Crippen LogP) is 3.61. The van der Waals surface area contributed by atoms with Crippen LogP contribution in [0.5, 0.6) is 0 Å². The molecule has 1 aliphatic heterocycles. The van der Waals surface area contributed by atoms with Crippen molar-refractivity contribution in [1.29, 1.82) is 0 Å². The maximum Gasteiger partial charge on any atom is 0.112 e. The van der Waals surface area contributed by atoms with E-state index >= 15 is 0 Å². The van der Waals surface area contributed by atoms with Crippen LogP contribution in [0.15, 0.2) is 34.8 Å². The number of H-pyrrole nitrogens is 1. The van der Waals surface area contributed by atoms with Crippen LogP contribution in [-0.4, -0.2) is 17.6 Å². The van der Waals surface area contributed by atoms with Gasteiger partial charge < -0.3 is 4.98 Å². The Hall–Kier alpha value is -1.17. The predicted molar refractivity (Wildman–Crippen MR) is 82.6 cm³/mol. The molecule has 1 aliphatic carbocycles. The topological polar surface area (TPSA) is 49.4 Å². The fourth-order valence-electron chi connectivity index (χ4n) is 3.14. The number of hydrogen-bond acceptors (Lipinski definition) is 2. The van der Waals surface area contributed by atoms with E-state index in [4.69, 9.17) is 8.55 Å². The third-order valence-electron chi connectivity index (χ3n) is 4.21. The third kappa shape index (κ3) is 2.41. The van der Waals surface area contributed by atoms with Crippen LogP contribution in [0.1, 0.15) is 25.7 Å². The second kappa shape index (κ2) is 5.31. The van der Waals surface area contributed by atoms with Crippen LogP contribution in [0.25, 0.3) is 10.9 Å². The molecule has 1 aromatic carbocycles. The number of fused-ring (bicyclic) bond motifs is 3. The number of nitrogens with one attached hydrogen (secondary N) is 2. The number of hydrogen-bond donors (Lipinski definition) is 2. The van der Waals surface area contributed by atoms with Gasteiger partial charge in [0.1, 0.15) is 11.2 Å². The second-order valence-corrected chi connectivity index (χ2v) is 6.82. The lowest BCUT2D eigenvalue weighted by atomic mass is 9.87. The van der Waals surface area contributed by atoms with E-state index in [9.17, 15) is 0 Å². The van der Waals surface area contributed by atoms with Crippen LogP contribution in [0.3, 0.4) is 0 Å². The van der Waals surface area contributed by atoms with Crippen molar-refractivity contribution in [2.24, 2.45) is 10.3 Å². The van der Waals surface area contributed by atoms with Gasteiger partial charge in [-0.3, -0.25) is 4.18 Å². The van der Waals surface area contributed by atoms with Crippen LogP contribution in [0, 0.1) is 5.92 Å². The molecule has 0 radical (unpaired) electrons. The molecule has 2 fully saturated rings. The monoisotopic (exact) mass is 289 g/mol. The van der Waals surface area contributed by atoms with E-state index in [1.807, 2.05) is 18.3 Å². The first-order chi connectivity index (χ1) is 9.88. The second-order valence-electron chi connectivity index (χ2n) is 5.66. The lowest BCUT2D eigenvalue weighted by molar-refractivity contribution is 0.157. The van der Waals surface area contributed by atoms with Crippen molar-refractivity contribution in [3.05, 3.63) is 30.5 Å². The molecule has 3 unspecified atom stereocenters. The minimum absolute atomic E-state index is 0.390. The van der Waals surface area contributed by atoms with Crippen LogP contribution in [-0.2, 0) is 15.3 Å². The van der Waals surface area contributed by atoms with Gasteiger partial charge in [-0.15, -0.1) is 0 Å². The summed E-state index contributed by atoms with van der Waals surface area (Å²) in [4.78, 5) is 3.27. The molecule has 2 heterocycles. The summed E-state index contributed by atoms with van der Waals surface area (Å²) in [6.45, 7) is 1.03. The van der Waals surface area contributed by atoms with E-state index in [1.54, 1.807) is 0 Å². The summed E-state index contributed by atoms with van der Waals surface area (Å²) in [5, 5.41) is 1.16. The summed E-state index contributed by atoms with van der Waals surface area (Å²) in [7, 11) is 0. The third-order valence-corrected chi connectivity index (χ3v) is 5.44. The Morgan fingerprint density at radius 3 is 3.20 bits per heavy atom. The Labute approximate surface area is 121 Å². The summed E-state index contributed by atoms with van der Waals surface area (Å²) in [5.74, 6) is 0.768. The molecule has 0 spiro atoms. The smallest absolute Gasteiger partial charge is 0.112 e. The summed E-state index contributed by atoms with van der Waals surface area (Å²) in [6, 6.07) is 8.26. The zero-order chi connectivity index (χ0) is 13.4. The molecule has 3 atom stereocenters. The van der Waals surface area contributed by atoms with E-state index < -0.39 is 11.2 Å². The minimum Gasteiger partial charge on any atom is -0.359 e. The van der Waals surface area contributed by atoms with Gasteiger partial charge in [0.25, 0.3) is 0 Å². The molecule has 4 rings (SSSR count). The van der Waals surface area contributed by atoms with Gasteiger partial charge in [0.2, 0.25) is 0 Å².